The summed E-state index contributed by atoms with van der Waals surface area (Å²) < 4.78 is 10.2. The first-order chi connectivity index (χ1) is 8.42. The van der Waals surface area contributed by atoms with Crippen molar-refractivity contribution >= 4 is 12.3 Å². The lowest BCUT2D eigenvalue weighted by molar-refractivity contribution is 0.0529. The predicted octanol–water partition coefficient (Wildman–Crippen LogP) is 2.55. The van der Waals surface area contributed by atoms with E-state index in [9.17, 15) is 4.79 Å². The molecule has 0 aliphatic heterocycles. The maximum atomic E-state index is 11.3. The van der Waals surface area contributed by atoms with Crippen molar-refractivity contribution in [3.63, 3.8) is 0 Å². The Bertz CT molecular complexity index is 436. The number of carbonyl (C=O) groups is 1. The summed E-state index contributed by atoms with van der Waals surface area (Å²) in [6, 6.07) is 7.36. The van der Waals surface area contributed by atoms with Gasteiger partial charge in [0.1, 0.15) is 11.4 Å². The minimum absolute atomic E-state index is 0.538. The first-order valence-electron chi connectivity index (χ1n) is 5.57. The highest BCUT2D eigenvalue weighted by atomic mass is 16.6. The SMILES string of the molecule is COc1ccccc1/C=N\NC(=O)OC(C)(C)C. The number of methoxy groups -OCH3 is 1. The molecule has 0 heterocycles. The Kier molecular flexibility index (Phi) is 4.71. The number of hydrazone groups is 1. The number of rotatable bonds is 3. The second-order valence-electron chi connectivity index (χ2n) is 4.61. The number of benzene rings is 1. The molecular weight excluding hydrogens is 232 g/mol. The van der Waals surface area contributed by atoms with Crippen LogP contribution in [0.2, 0.25) is 0 Å². The molecule has 0 radical (unpaired) electrons. The van der Waals surface area contributed by atoms with Gasteiger partial charge in [-0.15, -0.1) is 0 Å². The molecule has 0 spiro atoms. The fraction of sp³-hybridized carbons (Fsp3) is 0.385. The van der Waals surface area contributed by atoms with Crippen LogP contribution in [0.4, 0.5) is 4.79 Å². The van der Waals surface area contributed by atoms with Crippen LogP contribution in [0.5, 0.6) is 5.75 Å². The Morgan fingerprint density at radius 1 is 1.33 bits per heavy atom. The molecule has 0 bridgehead atoms. The highest BCUT2D eigenvalue weighted by Gasteiger charge is 2.15. The molecule has 18 heavy (non-hydrogen) atoms. The smallest absolute Gasteiger partial charge is 0.428 e. The van der Waals surface area contributed by atoms with Crippen molar-refractivity contribution in [2.75, 3.05) is 7.11 Å². The van der Waals surface area contributed by atoms with E-state index in [1.165, 1.54) is 6.21 Å². The summed E-state index contributed by atoms with van der Waals surface area (Å²) in [6.07, 6.45) is 0.914. The maximum Gasteiger partial charge on any atom is 0.428 e. The summed E-state index contributed by atoms with van der Waals surface area (Å²) in [5, 5.41) is 3.80. The van der Waals surface area contributed by atoms with E-state index >= 15 is 0 Å². The van der Waals surface area contributed by atoms with Crippen LogP contribution < -0.4 is 10.2 Å². The van der Waals surface area contributed by atoms with Crippen molar-refractivity contribution in [3.05, 3.63) is 29.8 Å². The van der Waals surface area contributed by atoms with Gasteiger partial charge in [0.25, 0.3) is 0 Å². The average molecular weight is 250 g/mol. The third kappa shape index (κ3) is 4.86. The van der Waals surface area contributed by atoms with Crippen LogP contribution in [-0.4, -0.2) is 25.0 Å². The van der Waals surface area contributed by atoms with Gasteiger partial charge in [0.05, 0.1) is 13.3 Å². The van der Waals surface area contributed by atoms with E-state index in [1.54, 1.807) is 27.9 Å². The van der Waals surface area contributed by atoms with Gasteiger partial charge >= 0.3 is 6.09 Å². The van der Waals surface area contributed by atoms with Gasteiger partial charge in [-0.1, -0.05) is 12.1 Å². The van der Waals surface area contributed by atoms with E-state index in [2.05, 4.69) is 10.5 Å². The van der Waals surface area contributed by atoms with Gasteiger partial charge in [-0.05, 0) is 32.9 Å². The highest BCUT2D eigenvalue weighted by molar-refractivity contribution is 5.84. The molecule has 1 aromatic carbocycles. The minimum atomic E-state index is -0.589. The van der Waals surface area contributed by atoms with E-state index in [4.69, 9.17) is 9.47 Å². The molecule has 0 fully saturated rings. The van der Waals surface area contributed by atoms with Crippen molar-refractivity contribution in [2.24, 2.45) is 5.10 Å². The van der Waals surface area contributed by atoms with Crippen LogP contribution in [0.25, 0.3) is 0 Å². The number of nitrogens with one attached hydrogen (secondary N) is 1. The Morgan fingerprint density at radius 3 is 2.61 bits per heavy atom. The van der Waals surface area contributed by atoms with E-state index in [1.807, 2.05) is 24.3 Å². The average Bonchev–Trinajstić information content (AvgIpc) is 2.27. The number of carbonyl (C=O) groups excluding carboxylic acids is 1. The van der Waals surface area contributed by atoms with E-state index in [0.717, 1.165) is 5.56 Å². The molecule has 0 saturated heterocycles. The molecule has 0 aromatic heterocycles. The number of ether oxygens (including phenoxy) is 2. The van der Waals surface area contributed by atoms with Gasteiger partial charge in [-0.25, -0.2) is 10.2 Å². The normalized spacial score (nSPS) is 11.3. The fourth-order valence-corrected chi connectivity index (χ4v) is 1.23. The standard InChI is InChI=1S/C13H18N2O3/c1-13(2,3)18-12(16)15-14-9-10-7-5-6-8-11(10)17-4/h5-9H,1-4H3,(H,15,16)/b14-9-. The molecule has 0 atom stereocenters. The predicted molar refractivity (Wildman–Crippen MR) is 70.0 cm³/mol. The van der Waals surface area contributed by atoms with E-state index in [-0.39, 0.29) is 0 Å². The lowest BCUT2D eigenvalue weighted by Gasteiger charge is -2.18. The van der Waals surface area contributed by atoms with E-state index < -0.39 is 11.7 Å². The van der Waals surface area contributed by atoms with Gasteiger partial charge in [-0.2, -0.15) is 5.10 Å². The highest BCUT2D eigenvalue weighted by Crippen LogP contribution is 2.14. The number of para-hydroxylation sites is 1. The van der Waals surface area contributed by atoms with Gasteiger partial charge in [0.2, 0.25) is 0 Å². The zero-order valence-corrected chi connectivity index (χ0v) is 11.1. The second-order valence-corrected chi connectivity index (χ2v) is 4.61. The zero-order chi connectivity index (χ0) is 13.6. The largest absolute Gasteiger partial charge is 0.496 e. The minimum Gasteiger partial charge on any atom is -0.496 e. The summed E-state index contributed by atoms with van der Waals surface area (Å²) in [5.41, 5.74) is 2.53. The van der Waals surface area contributed by atoms with E-state index in [0.29, 0.717) is 5.75 Å². The molecule has 5 heteroatoms. The molecule has 1 amide bonds. The molecule has 0 saturated carbocycles. The van der Waals surface area contributed by atoms with Crippen LogP contribution in [-0.2, 0) is 4.74 Å². The first-order valence-corrected chi connectivity index (χ1v) is 5.57. The number of hydrogen-bond acceptors (Lipinski definition) is 4. The molecule has 0 aliphatic carbocycles. The van der Waals surface area contributed by atoms with Crippen LogP contribution in [0, 0.1) is 0 Å². The molecule has 0 unspecified atom stereocenters. The fourth-order valence-electron chi connectivity index (χ4n) is 1.23. The van der Waals surface area contributed by atoms with Crippen molar-refractivity contribution in [3.8, 4) is 5.75 Å². The lowest BCUT2D eigenvalue weighted by atomic mass is 10.2. The first kappa shape index (κ1) is 14.0. The second kappa shape index (κ2) is 6.05. The van der Waals surface area contributed by atoms with Crippen LogP contribution in [0.3, 0.4) is 0 Å². The summed E-state index contributed by atoms with van der Waals surface area (Å²) in [7, 11) is 1.58. The molecule has 1 aromatic rings. The van der Waals surface area contributed by atoms with Crippen LogP contribution >= 0.6 is 0 Å². The van der Waals surface area contributed by atoms with Crippen LogP contribution in [0.15, 0.2) is 29.4 Å². The summed E-state index contributed by atoms with van der Waals surface area (Å²) in [5.74, 6) is 0.687. The third-order valence-electron chi connectivity index (χ3n) is 1.90. The number of hydrogen-bond donors (Lipinski definition) is 1. The molecule has 1 rings (SSSR count). The molecular formula is C13H18N2O3. The summed E-state index contributed by atoms with van der Waals surface area (Å²) >= 11 is 0. The zero-order valence-electron chi connectivity index (χ0n) is 11.1. The van der Waals surface area contributed by atoms with Crippen molar-refractivity contribution in [2.45, 2.75) is 26.4 Å². The number of amides is 1. The summed E-state index contributed by atoms with van der Waals surface area (Å²) in [4.78, 5) is 11.3. The monoisotopic (exact) mass is 250 g/mol. The van der Waals surface area contributed by atoms with Crippen molar-refractivity contribution in [1.82, 2.24) is 5.43 Å². The third-order valence-corrected chi connectivity index (χ3v) is 1.90. The van der Waals surface area contributed by atoms with Gasteiger partial charge in [0, 0.05) is 5.56 Å². The Labute approximate surface area is 107 Å². The van der Waals surface area contributed by atoms with Crippen molar-refractivity contribution in [1.29, 1.82) is 0 Å². The lowest BCUT2D eigenvalue weighted by Crippen LogP contribution is -2.29. The van der Waals surface area contributed by atoms with Crippen molar-refractivity contribution < 1.29 is 14.3 Å². The van der Waals surface area contributed by atoms with Gasteiger partial charge < -0.3 is 9.47 Å². The van der Waals surface area contributed by atoms with Gasteiger partial charge in [-0.3, -0.25) is 0 Å². The topological polar surface area (TPSA) is 59.9 Å². The molecule has 0 aliphatic rings. The van der Waals surface area contributed by atoms with Gasteiger partial charge in [0.15, 0.2) is 0 Å². The summed E-state index contributed by atoms with van der Waals surface area (Å²) in [6.45, 7) is 5.36. The Morgan fingerprint density at radius 2 is 2.00 bits per heavy atom. The Hall–Kier alpha value is -2.04. The van der Waals surface area contributed by atoms with Crippen LogP contribution in [0.1, 0.15) is 26.3 Å². The quantitative estimate of drug-likeness (QED) is 0.662. The molecule has 5 nitrogen and oxygen atoms in total. The number of nitrogens with zero attached hydrogens (tertiary/aromatic N) is 1. The molecule has 1 N–H and O–H groups in total. The maximum absolute atomic E-state index is 11.3. The molecule has 98 valence electrons. The Balaban J connectivity index is 2.57.